The van der Waals surface area contributed by atoms with Crippen LogP contribution in [0.2, 0.25) is 18.1 Å². The number of hydrogen-bond donors (Lipinski definition) is 2. The molecule has 11 atom stereocenters. The summed E-state index contributed by atoms with van der Waals surface area (Å²) in [5.41, 5.74) is 2.26. The van der Waals surface area contributed by atoms with Gasteiger partial charge in [-0.15, -0.1) is 0 Å². The molecule has 3 saturated heterocycles. The maximum absolute atomic E-state index is 13.9. The highest BCUT2D eigenvalue weighted by atomic mass is 28.4. The third-order valence-electron chi connectivity index (χ3n) is 16.5. The Morgan fingerprint density at radius 1 is 0.827 bits per heavy atom. The molecule has 0 spiro atoms. The summed E-state index contributed by atoms with van der Waals surface area (Å²) in [4.78, 5) is 39.3. The average Bonchev–Trinajstić information content (AvgIpc) is 2.76. The van der Waals surface area contributed by atoms with Crippen molar-refractivity contribution in [2.45, 2.75) is 243 Å². The van der Waals surface area contributed by atoms with Gasteiger partial charge in [0, 0.05) is 50.4 Å². The van der Waals surface area contributed by atoms with Gasteiger partial charge in [0.2, 0.25) is 5.79 Å². The smallest absolute Gasteiger partial charge is 0.330 e. The standard InChI is InChI=1S/C64H98O16Si/c1-12-16-17-18-22-25-60(68)78-62-49(35-61(69)71-10)34-56(40-58(65)46(6)75-44-73-42-47-23-20-19-21-24-47)79-64(62,72-11)63(7,8)31-30-51-32-45(5)33-53(76-51)37-55-39-57(80-81(13-2,14-3)15-4)38-54(77-55)36-52(41-59(66)67)74-43-48-26-28-50(70-9)29-27-48/h19-21,23-24,26-31,35,46,51-58,62,65H,5,12-18,22,25,32-34,36-44H2,1-4,6-11H3,(H,66,67)/b31-30?,49-35+/t46-,51+,52-,53+,54-,55+,56+,57+,58-,62+,64+/m1/s1. The lowest BCUT2D eigenvalue weighted by atomic mass is 9.73. The minimum atomic E-state index is -2.04. The summed E-state index contributed by atoms with van der Waals surface area (Å²) in [5, 5.41) is 21.6. The van der Waals surface area contributed by atoms with E-state index in [9.17, 15) is 24.6 Å². The molecule has 2 aromatic rings. The van der Waals surface area contributed by atoms with E-state index >= 15 is 0 Å². The number of aliphatic hydroxyl groups is 1. The SMILES string of the molecule is C=C1C[C@@H](C[C@H]2C[C@@H](O[Si](CC)(CC)CC)C[C@@H](C[C@H](CC(=O)O)OCc3ccc(OC)cc3)O2)O[C@@H](C=CC(C)(C)[C@@]2(OC)O[C@H](C[C@@H](O)[C@@H](C)OCOCc3ccccc3)C/C(=C\C(=O)OC)[C@@H]2OC(=O)CCCCCCC)C1. The fourth-order valence-corrected chi connectivity index (χ4v) is 14.4. The van der Waals surface area contributed by atoms with E-state index in [0.717, 1.165) is 66.3 Å². The molecule has 0 aromatic heterocycles. The summed E-state index contributed by atoms with van der Waals surface area (Å²) in [5.74, 6) is -3.02. The van der Waals surface area contributed by atoms with Crippen LogP contribution < -0.4 is 4.74 Å². The van der Waals surface area contributed by atoms with Crippen molar-refractivity contribution in [1.29, 1.82) is 0 Å². The molecule has 3 fully saturated rings. The summed E-state index contributed by atoms with van der Waals surface area (Å²) in [7, 11) is 2.36. The second-order valence-electron chi connectivity index (χ2n) is 22.9. The topological polar surface area (TPSA) is 193 Å². The third-order valence-corrected chi connectivity index (χ3v) is 21.2. The zero-order valence-corrected chi connectivity index (χ0v) is 51.4. The number of hydrogen-bond acceptors (Lipinski definition) is 15. The van der Waals surface area contributed by atoms with Crippen LogP contribution in [0.5, 0.6) is 5.75 Å². The Morgan fingerprint density at radius 3 is 2.17 bits per heavy atom. The van der Waals surface area contributed by atoms with Crippen LogP contribution in [0.4, 0.5) is 0 Å². The van der Waals surface area contributed by atoms with Crippen LogP contribution in [0.3, 0.4) is 0 Å². The van der Waals surface area contributed by atoms with Crippen LogP contribution in [-0.4, -0.2) is 131 Å². The molecule has 17 heteroatoms. The van der Waals surface area contributed by atoms with E-state index in [1.54, 1.807) is 14.0 Å². The predicted octanol–water partition coefficient (Wildman–Crippen LogP) is 12.3. The van der Waals surface area contributed by atoms with Crippen molar-refractivity contribution in [3.05, 3.63) is 102 Å². The summed E-state index contributed by atoms with van der Waals surface area (Å²) < 4.78 is 69.5. The molecular weight excluding hydrogens is 1050 g/mol. The molecule has 81 heavy (non-hydrogen) atoms. The molecule has 0 radical (unpaired) electrons. The zero-order chi connectivity index (χ0) is 59.0. The molecule has 2 aromatic carbocycles. The van der Waals surface area contributed by atoms with E-state index in [4.69, 9.17) is 51.8 Å². The van der Waals surface area contributed by atoms with Gasteiger partial charge in [-0.3, -0.25) is 9.59 Å². The number of ether oxygens (including phenoxy) is 10. The van der Waals surface area contributed by atoms with E-state index in [0.29, 0.717) is 57.1 Å². The van der Waals surface area contributed by atoms with Crippen LogP contribution in [-0.2, 0) is 74.7 Å². The molecule has 16 nitrogen and oxygen atoms in total. The molecule has 5 rings (SSSR count). The van der Waals surface area contributed by atoms with E-state index in [1.807, 2.05) is 80.6 Å². The molecule has 3 heterocycles. The predicted molar refractivity (Wildman–Crippen MR) is 313 cm³/mol. The van der Waals surface area contributed by atoms with Gasteiger partial charge in [0.15, 0.2) is 14.4 Å². The van der Waals surface area contributed by atoms with Crippen molar-refractivity contribution in [1.82, 2.24) is 0 Å². The third kappa shape index (κ3) is 21.1. The Morgan fingerprint density at radius 2 is 1.52 bits per heavy atom. The van der Waals surface area contributed by atoms with E-state index in [-0.39, 0.29) is 63.5 Å². The van der Waals surface area contributed by atoms with Gasteiger partial charge in [0.05, 0.1) is 82.7 Å². The molecule has 3 aliphatic rings. The Bertz CT molecular complexity index is 2260. The highest BCUT2D eigenvalue weighted by Crippen LogP contribution is 2.49. The highest BCUT2D eigenvalue weighted by molar-refractivity contribution is 6.73. The van der Waals surface area contributed by atoms with Gasteiger partial charge in [0.25, 0.3) is 0 Å². The Labute approximate surface area is 484 Å². The highest BCUT2D eigenvalue weighted by Gasteiger charge is 2.59. The number of carbonyl (C=O) groups excluding carboxylic acids is 2. The Kier molecular flexibility index (Phi) is 28.2. The van der Waals surface area contributed by atoms with Crippen molar-refractivity contribution < 1.29 is 76.4 Å². The normalized spacial score (nSPS) is 25.3. The molecule has 3 aliphatic heterocycles. The van der Waals surface area contributed by atoms with E-state index in [1.165, 1.54) is 20.3 Å². The molecule has 2 N–H and O–H groups in total. The van der Waals surface area contributed by atoms with Crippen LogP contribution in [0.25, 0.3) is 0 Å². The van der Waals surface area contributed by atoms with Crippen molar-refractivity contribution in [2.75, 3.05) is 28.1 Å². The molecule has 454 valence electrons. The van der Waals surface area contributed by atoms with Crippen LogP contribution in [0.1, 0.15) is 156 Å². The quantitative estimate of drug-likeness (QED) is 0.0165. The molecule has 0 amide bonds. The second-order valence-corrected chi connectivity index (χ2v) is 27.7. The van der Waals surface area contributed by atoms with Crippen molar-refractivity contribution in [2.24, 2.45) is 5.41 Å². The first-order valence-corrected chi connectivity index (χ1v) is 32.3. The summed E-state index contributed by atoms with van der Waals surface area (Å²) >= 11 is 0. The maximum Gasteiger partial charge on any atom is 0.330 e. The fourth-order valence-electron chi connectivity index (χ4n) is 11.5. The maximum atomic E-state index is 13.9. The summed E-state index contributed by atoms with van der Waals surface area (Å²) in [6.45, 7) is 19.5. The lowest BCUT2D eigenvalue weighted by Crippen LogP contribution is -2.63. The summed E-state index contributed by atoms with van der Waals surface area (Å²) in [6.07, 6.45) is 8.13. The van der Waals surface area contributed by atoms with Gasteiger partial charge in [-0.1, -0.05) is 134 Å². The number of esters is 2. The van der Waals surface area contributed by atoms with Crippen LogP contribution in [0.15, 0.2) is 90.6 Å². The Hall–Kier alpha value is -4.27. The first-order valence-electron chi connectivity index (χ1n) is 29.8. The number of aliphatic hydroxyl groups excluding tert-OH is 1. The average molecular weight is 1150 g/mol. The lowest BCUT2D eigenvalue weighted by molar-refractivity contribution is -0.338. The molecule has 0 unspecified atom stereocenters. The first-order chi connectivity index (χ1) is 38.8. The summed E-state index contributed by atoms with van der Waals surface area (Å²) in [6, 6.07) is 20.3. The minimum Gasteiger partial charge on any atom is -0.497 e. The number of unbranched alkanes of at least 4 members (excludes halogenated alkanes) is 4. The number of aliphatic carboxylic acids is 1. The van der Waals surface area contributed by atoms with Gasteiger partial charge in [0.1, 0.15) is 12.5 Å². The largest absolute Gasteiger partial charge is 0.497 e. The van der Waals surface area contributed by atoms with Crippen molar-refractivity contribution >= 4 is 26.2 Å². The number of carboxylic acid groups (broad SMARTS) is 1. The molecule has 0 aliphatic carbocycles. The minimum absolute atomic E-state index is 0.0435. The van der Waals surface area contributed by atoms with Gasteiger partial charge in [-0.2, -0.15) is 0 Å². The molecular formula is C64H98O16Si. The zero-order valence-electron chi connectivity index (χ0n) is 50.4. The first kappa shape index (κ1) is 67.5. The van der Waals surface area contributed by atoms with Gasteiger partial charge < -0.3 is 62.0 Å². The Balaban J connectivity index is 1.38. The fraction of sp³-hybridized carbons (Fsp3) is 0.672. The monoisotopic (exact) mass is 1150 g/mol. The van der Waals surface area contributed by atoms with Crippen LogP contribution in [0, 0.1) is 5.41 Å². The van der Waals surface area contributed by atoms with Gasteiger partial charge in [-0.05, 0) is 92.4 Å². The molecule has 0 saturated carbocycles. The van der Waals surface area contributed by atoms with Gasteiger partial charge >= 0.3 is 17.9 Å². The van der Waals surface area contributed by atoms with E-state index < -0.39 is 74.1 Å². The van der Waals surface area contributed by atoms with Crippen molar-refractivity contribution in [3.8, 4) is 5.75 Å². The number of carboxylic acids is 1. The number of rotatable bonds is 35. The van der Waals surface area contributed by atoms with Gasteiger partial charge in [-0.25, -0.2) is 4.79 Å². The van der Waals surface area contributed by atoms with Crippen LogP contribution >= 0.6 is 0 Å². The lowest BCUT2D eigenvalue weighted by Gasteiger charge is -2.53. The number of carbonyl (C=O) groups is 3. The number of methoxy groups -OCH3 is 3. The molecule has 0 bridgehead atoms. The van der Waals surface area contributed by atoms with E-state index in [2.05, 4.69) is 34.3 Å². The van der Waals surface area contributed by atoms with Crippen molar-refractivity contribution in [3.63, 3.8) is 0 Å². The second kappa shape index (κ2) is 33.9. The number of benzene rings is 2.